The van der Waals surface area contributed by atoms with Crippen molar-refractivity contribution in [1.82, 2.24) is 10.3 Å². The van der Waals surface area contributed by atoms with Crippen molar-refractivity contribution >= 4 is 23.5 Å². The molecule has 22 heavy (non-hydrogen) atoms. The Morgan fingerprint density at radius 1 is 1.27 bits per heavy atom. The third-order valence-electron chi connectivity index (χ3n) is 4.22. The van der Waals surface area contributed by atoms with Crippen LogP contribution in [0.1, 0.15) is 52.9 Å². The fraction of sp³-hybridized carbons (Fsp3) is 0.733. The van der Waals surface area contributed by atoms with Crippen molar-refractivity contribution < 1.29 is 19.1 Å². The van der Waals surface area contributed by atoms with Crippen molar-refractivity contribution in [2.45, 2.75) is 71.1 Å². The molecular formula is C15H23N3O4. The Morgan fingerprint density at radius 2 is 1.91 bits per heavy atom. The van der Waals surface area contributed by atoms with E-state index in [1.165, 1.54) is 0 Å². The first-order valence-corrected chi connectivity index (χ1v) is 7.78. The van der Waals surface area contributed by atoms with Gasteiger partial charge >= 0.3 is 5.97 Å². The topological polar surface area (TPSA) is 88.1 Å². The van der Waals surface area contributed by atoms with Crippen molar-refractivity contribution in [3.8, 4) is 0 Å². The van der Waals surface area contributed by atoms with E-state index in [2.05, 4.69) is 10.5 Å². The normalized spacial score (nSPS) is 26.8. The molecule has 0 unspecified atom stereocenters. The van der Waals surface area contributed by atoms with Crippen LogP contribution in [0.3, 0.4) is 0 Å². The summed E-state index contributed by atoms with van der Waals surface area (Å²) in [5.74, 6) is -1.04. The lowest BCUT2D eigenvalue weighted by atomic mass is 9.97. The zero-order valence-corrected chi connectivity index (χ0v) is 13.3. The second-order valence-corrected chi connectivity index (χ2v) is 6.02. The Bertz CT molecular complexity index is 493. The average molecular weight is 309 g/mol. The number of hydrazone groups is 1. The van der Waals surface area contributed by atoms with Crippen LogP contribution in [0.15, 0.2) is 5.10 Å². The number of esters is 1. The van der Waals surface area contributed by atoms with Gasteiger partial charge in [-0.2, -0.15) is 5.10 Å². The molecule has 0 aromatic rings. The third kappa shape index (κ3) is 3.64. The van der Waals surface area contributed by atoms with Gasteiger partial charge in [-0.25, -0.2) is 10.2 Å². The van der Waals surface area contributed by atoms with E-state index < -0.39 is 12.1 Å². The number of amides is 2. The highest BCUT2D eigenvalue weighted by atomic mass is 16.5. The molecule has 0 saturated carbocycles. The van der Waals surface area contributed by atoms with Gasteiger partial charge in [-0.1, -0.05) is 0 Å². The van der Waals surface area contributed by atoms with Gasteiger partial charge in [0.15, 0.2) is 6.10 Å². The zero-order chi connectivity index (χ0) is 16.3. The fourth-order valence-corrected chi connectivity index (χ4v) is 2.97. The molecule has 122 valence electrons. The first-order valence-electron chi connectivity index (χ1n) is 7.78. The Kier molecular flexibility index (Phi) is 5.15. The average Bonchev–Trinajstić information content (AvgIpc) is 2.47. The van der Waals surface area contributed by atoms with Crippen LogP contribution >= 0.6 is 0 Å². The Hall–Kier alpha value is -1.92. The second kappa shape index (κ2) is 6.89. The Labute approximate surface area is 130 Å². The molecule has 2 aliphatic rings. The van der Waals surface area contributed by atoms with Gasteiger partial charge in [-0.3, -0.25) is 9.59 Å². The van der Waals surface area contributed by atoms with Gasteiger partial charge in [0.25, 0.3) is 5.91 Å². The molecule has 1 fully saturated rings. The maximum atomic E-state index is 12.5. The lowest BCUT2D eigenvalue weighted by Crippen LogP contribution is -2.51. The number of carbonyl (C=O) groups is 3. The number of nitrogens with one attached hydrogen (secondary N) is 1. The number of hydrogen-bond acceptors (Lipinski definition) is 5. The molecule has 7 heteroatoms. The molecular weight excluding hydrogens is 286 g/mol. The minimum Gasteiger partial charge on any atom is -0.448 e. The summed E-state index contributed by atoms with van der Waals surface area (Å²) in [6.07, 6.45) is 2.64. The number of ether oxygens (including phenoxy) is 1. The van der Waals surface area contributed by atoms with Crippen LogP contribution in [0.5, 0.6) is 0 Å². The molecule has 7 nitrogen and oxygen atoms in total. The summed E-state index contributed by atoms with van der Waals surface area (Å²) in [6, 6.07) is 0.312. The molecule has 0 bridgehead atoms. The van der Waals surface area contributed by atoms with Crippen LogP contribution in [0.4, 0.5) is 0 Å². The van der Waals surface area contributed by atoms with Crippen LogP contribution in [-0.4, -0.2) is 46.6 Å². The van der Waals surface area contributed by atoms with Gasteiger partial charge in [-0.05, 0) is 40.0 Å². The second-order valence-electron chi connectivity index (χ2n) is 6.02. The van der Waals surface area contributed by atoms with E-state index in [4.69, 9.17) is 4.74 Å². The Balaban J connectivity index is 1.96. The number of nitrogens with zero attached hydrogens (tertiary/aromatic N) is 2. The first-order chi connectivity index (χ1) is 10.4. The summed E-state index contributed by atoms with van der Waals surface area (Å²) in [7, 11) is 0. The summed E-state index contributed by atoms with van der Waals surface area (Å²) < 4.78 is 5.22. The van der Waals surface area contributed by atoms with E-state index in [9.17, 15) is 14.4 Å². The predicted molar refractivity (Wildman–Crippen MR) is 80.0 cm³/mol. The van der Waals surface area contributed by atoms with Gasteiger partial charge in [0.05, 0.1) is 0 Å². The molecule has 2 heterocycles. The number of rotatable bonds is 3. The lowest BCUT2D eigenvalue weighted by Gasteiger charge is -2.40. The summed E-state index contributed by atoms with van der Waals surface area (Å²) >= 11 is 0. The minimum absolute atomic E-state index is 0.152. The number of piperidine rings is 1. The van der Waals surface area contributed by atoms with Crippen molar-refractivity contribution in [1.29, 1.82) is 0 Å². The molecule has 1 N–H and O–H groups in total. The smallest absolute Gasteiger partial charge is 0.355 e. The van der Waals surface area contributed by atoms with Gasteiger partial charge in [0.2, 0.25) is 5.91 Å². The molecule has 2 aliphatic heterocycles. The van der Waals surface area contributed by atoms with Crippen molar-refractivity contribution in [3.63, 3.8) is 0 Å². The van der Waals surface area contributed by atoms with Gasteiger partial charge in [-0.15, -0.1) is 0 Å². The first kappa shape index (κ1) is 16.5. The highest BCUT2D eigenvalue weighted by Gasteiger charge is 2.34. The molecule has 2 amide bonds. The molecule has 2 rings (SSSR count). The maximum absolute atomic E-state index is 12.5. The monoisotopic (exact) mass is 309 g/mol. The predicted octanol–water partition coefficient (Wildman–Crippen LogP) is 0.974. The van der Waals surface area contributed by atoms with E-state index in [1.807, 2.05) is 18.7 Å². The maximum Gasteiger partial charge on any atom is 0.355 e. The molecule has 0 radical (unpaired) electrons. The standard InChI is InChI=1S/C15H23N3O4/c1-9-5-4-6-10(2)18(9)14(20)11(3)22-15(21)12-7-8-13(19)17-16-12/h9-11H,4-8H2,1-3H3,(H,17,19)/t9-,10+,11-/m1/s1. The fourth-order valence-electron chi connectivity index (χ4n) is 2.97. The molecule has 0 spiro atoms. The molecule has 3 atom stereocenters. The SMILES string of the molecule is C[C@@H]1CCC[C@H](C)N1C(=O)[C@@H](C)OC(=O)C1=NNC(=O)CC1. The van der Waals surface area contributed by atoms with Crippen LogP contribution in [0, 0.1) is 0 Å². The molecule has 0 aromatic heterocycles. The van der Waals surface area contributed by atoms with Crippen LogP contribution in [0.2, 0.25) is 0 Å². The van der Waals surface area contributed by atoms with Gasteiger partial charge < -0.3 is 9.64 Å². The van der Waals surface area contributed by atoms with Crippen LogP contribution < -0.4 is 5.43 Å². The van der Waals surface area contributed by atoms with Crippen molar-refractivity contribution in [3.05, 3.63) is 0 Å². The number of hydrogen-bond donors (Lipinski definition) is 1. The molecule has 0 aromatic carbocycles. The quantitative estimate of drug-likeness (QED) is 0.787. The summed E-state index contributed by atoms with van der Waals surface area (Å²) in [5.41, 5.74) is 2.40. The zero-order valence-electron chi connectivity index (χ0n) is 13.3. The minimum atomic E-state index is -0.851. The highest BCUT2D eigenvalue weighted by Crippen LogP contribution is 2.23. The summed E-state index contributed by atoms with van der Waals surface area (Å²) in [6.45, 7) is 5.61. The van der Waals surface area contributed by atoms with Crippen molar-refractivity contribution in [2.75, 3.05) is 0 Å². The summed E-state index contributed by atoms with van der Waals surface area (Å²) in [5, 5.41) is 3.68. The van der Waals surface area contributed by atoms with E-state index in [1.54, 1.807) is 6.92 Å². The Morgan fingerprint density at radius 3 is 2.45 bits per heavy atom. The van der Waals surface area contributed by atoms with Crippen LogP contribution in [-0.2, 0) is 19.1 Å². The van der Waals surface area contributed by atoms with Crippen molar-refractivity contribution in [2.24, 2.45) is 5.10 Å². The third-order valence-corrected chi connectivity index (χ3v) is 4.22. The van der Waals surface area contributed by atoms with Crippen LogP contribution in [0.25, 0.3) is 0 Å². The van der Waals surface area contributed by atoms with E-state index >= 15 is 0 Å². The summed E-state index contributed by atoms with van der Waals surface area (Å²) in [4.78, 5) is 37.3. The molecule has 0 aliphatic carbocycles. The van der Waals surface area contributed by atoms with E-state index in [-0.39, 0.29) is 42.5 Å². The van der Waals surface area contributed by atoms with Gasteiger partial charge in [0, 0.05) is 24.9 Å². The molecule has 1 saturated heterocycles. The number of carbonyl (C=O) groups excluding carboxylic acids is 3. The van der Waals surface area contributed by atoms with E-state index in [0.29, 0.717) is 0 Å². The highest BCUT2D eigenvalue weighted by molar-refractivity contribution is 6.37. The van der Waals surface area contributed by atoms with E-state index in [0.717, 1.165) is 19.3 Å². The van der Waals surface area contributed by atoms with Gasteiger partial charge in [0.1, 0.15) is 5.71 Å². The number of likely N-dealkylation sites (tertiary alicyclic amines) is 1. The largest absolute Gasteiger partial charge is 0.448 e. The lowest BCUT2D eigenvalue weighted by molar-refractivity contribution is -0.158.